The lowest BCUT2D eigenvalue weighted by Crippen LogP contribution is -2.40. The number of aromatic nitrogens is 3. The smallest absolute Gasteiger partial charge is 0.153 e. The van der Waals surface area contributed by atoms with Crippen LogP contribution >= 0.6 is 0 Å². The number of hydrogen-bond donors (Lipinski definition) is 2. The number of H-pyrrole nitrogens is 1. The zero-order valence-electron chi connectivity index (χ0n) is 14.4. The van der Waals surface area contributed by atoms with Gasteiger partial charge in [0, 0.05) is 12.5 Å². The number of piperidine rings is 1. The third kappa shape index (κ3) is 4.78. The Bertz CT molecular complexity index is 714. The number of β-amino-alcohol motifs (C(OH)–C–C–N with tert-alkyl or cyclic N) is 1. The largest absolute Gasteiger partial charge is 0.491 e. The molecule has 1 unspecified atom stereocenters. The van der Waals surface area contributed by atoms with Gasteiger partial charge < -0.3 is 14.7 Å². The maximum atomic E-state index is 10.2. The normalized spacial score (nSPS) is 17.2. The van der Waals surface area contributed by atoms with Crippen LogP contribution in [0.1, 0.15) is 36.0 Å². The summed E-state index contributed by atoms with van der Waals surface area (Å²) in [5, 5.41) is 26.1. The fourth-order valence-electron chi connectivity index (χ4n) is 3.09. The molecule has 132 valence electrons. The van der Waals surface area contributed by atoms with Crippen LogP contribution in [0.5, 0.6) is 5.75 Å². The molecule has 25 heavy (non-hydrogen) atoms. The highest BCUT2D eigenvalue weighted by atomic mass is 16.5. The second-order valence-corrected chi connectivity index (χ2v) is 6.45. The standard InChI is InChI=1S/C18H23N5O2/c1-13-20-18(22-21-13)15-6-8-23(9-7-15)11-16(24)12-25-17-4-2-14(10-19)3-5-17/h2-5,15-16,24H,6-9,11-12H2,1H3,(H,20,21,22). The molecule has 1 atom stereocenters. The van der Waals surface area contributed by atoms with Crippen molar-refractivity contribution in [3.05, 3.63) is 41.5 Å². The quantitative estimate of drug-likeness (QED) is 0.828. The third-order valence-electron chi connectivity index (χ3n) is 4.46. The van der Waals surface area contributed by atoms with E-state index in [1.165, 1.54) is 0 Å². The van der Waals surface area contributed by atoms with Crippen LogP contribution in [0.2, 0.25) is 0 Å². The van der Waals surface area contributed by atoms with E-state index in [1.807, 2.05) is 6.92 Å². The SMILES string of the molecule is Cc1nc(C2CCN(CC(O)COc3ccc(C#N)cc3)CC2)n[nH]1. The Hall–Kier alpha value is -2.43. The molecule has 2 aromatic rings. The van der Waals surface area contributed by atoms with Crippen LogP contribution < -0.4 is 4.74 Å². The van der Waals surface area contributed by atoms with Gasteiger partial charge in [-0.2, -0.15) is 10.4 Å². The number of ether oxygens (including phenoxy) is 1. The molecule has 0 bridgehead atoms. The van der Waals surface area contributed by atoms with Gasteiger partial charge in [0.1, 0.15) is 24.3 Å². The van der Waals surface area contributed by atoms with E-state index in [2.05, 4.69) is 26.2 Å². The molecular formula is C18H23N5O2. The van der Waals surface area contributed by atoms with Crippen LogP contribution in [-0.4, -0.2) is 57.5 Å². The predicted molar refractivity (Wildman–Crippen MR) is 92.2 cm³/mol. The second kappa shape index (κ2) is 8.10. The first-order valence-electron chi connectivity index (χ1n) is 8.56. The number of aliphatic hydroxyl groups excluding tert-OH is 1. The van der Waals surface area contributed by atoms with Crippen molar-refractivity contribution in [1.29, 1.82) is 5.26 Å². The van der Waals surface area contributed by atoms with E-state index in [0.717, 1.165) is 37.6 Å². The number of rotatable bonds is 6. The average molecular weight is 341 g/mol. The molecule has 1 saturated heterocycles. The number of likely N-dealkylation sites (tertiary alicyclic amines) is 1. The summed E-state index contributed by atoms with van der Waals surface area (Å²) in [6, 6.07) is 8.97. The van der Waals surface area contributed by atoms with Gasteiger partial charge in [-0.3, -0.25) is 5.10 Å². The zero-order valence-corrected chi connectivity index (χ0v) is 14.4. The number of nitriles is 1. The van der Waals surface area contributed by atoms with Gasteiger partial charge >= 0.3 is 0 Å². The molecule has 0 spiro atoms. The van der Waals surface area contributed by atoms with Crippen molar-refractivity contribution >= 4 is 0 Å². The van der Waals surface area contributed by atoms with Crippen molar-refractivity contribution in [1.82, 2.24) is 20.1 Å². The fraction of sp³-hybridized carbons (Fsp3) is 0.500. The Balaban J connectivity index is 1.40. The predicted octanol–water partition coefficient (Wildman–Crippen LogP) is 1.60. The number of aryl methyl sites for hydroxylation is 1. The molecule has 7 heteroatoms. The van der Waals surface area contributed by atoms with Crippen LogP contribution in [0.25, 0.3) is 0 Å². The van der Waals surface area contributed by atoms with Crippen LogP contribution in [0, 0.1) is 18.3 Å². The van der Waals surface area contributed by atoms with E-state index in [0.29, 0.717) is 23.8 Å². The molecule has 3 rings (SSSR count). The molecule has 2 heterocycles. The highest BCUT2D eigenvalue weighted by Crippen LogP contribution is 2.25. The van der Waals surface area contributed by atoms with E-state index in [9.17, 15) is 5.11 Å². The first-order chi connectivity index (χ1) is 12.1. The molecule has 1 aliphatic heterocycles. The van der Waals surface area contributed by atoms with Crippen LogP contribution in [0.3, 0.4) is 0 Å². The van der Waals surface area contributed by atoms with Gasteiger partial charge in [0.2, 0.25) is 0 Å². The summed E-state index contributed by atoms with van der Waals surface area (Å²) >= 11 is 0. The summed E-state index contributed by atoms with van der Waals surface area (Å²) < 4.78 is 5.59. The molecule has 1 aromatic carbocycles. The third-order valence-corrected chi connectivity index (χ3v) is 4.46. The lowest BCUT2D eigenvalue weighted by molar-refractivity contribution is 0.0591. The summed E-state index contributed by atoms with van der Waals surface area (Å²) in [6.45, 7) is 4.59. The topological polar surface area (TPSA) is 98.1 Å². The van der Waals surface area contributed by atoms with Crippen molar-refractivity contribution in [2.75, 3.05) is 26.2 Å². The Kier molecular flexibility index (Phi) is 5.64. The number of aromatic amines is 1. The summed E-state index contributed by atoms with van der Waals surface area (Å²) in [6.07, 6.45) is 1.46. The van der Waals surface area contributed by atoms with Crippen molar-refractivity contribution in [2.45, 2.75) is 31.8 Å². The van der Waals surface area contributed by atoms with E-state index in [-0.39, 0.29) is 6.61 Å². The van der Waals surface area contributed by atoms with Gasteiger partial charge in [0.15, 0.2) is 5.82 Å². The van der Waals surface area contributed by atoms with Gasteiger partial charge in [-0.25, -0.2) is 4.98 Å². The number of hydrogen-bond acceptors (Lipinski definition) is 6. The van der Waals surface area contributed by atoms with Gasteiger partial charge in [0.05, 0.1) is 11.6 Å². The maximum Gasteiger partial charge on any atom is 0.153 e. The summed E-state index contributed by atoms with van der Waals surface area (Å²) in [7, 11) is 0. The first kappa shape index (κ1) is 17.4. The Morgan fingerprint density at radius 2 is 2.08 bits per heavy atom. The number of nitrogens with zero attached hydrogens (tertiary/aromatic N) is 4. The molecule has 2 N–H and O–H groups in total. The average Bonchev–Trinajstić information content (AvgIpc) is 3.07. The molecule has 0 aliphatic carbocycles. The fourth-order valence-corrected chi connectivity index (χ4v) is 3.09. The molecule has 1 aliphatic rings. The molecule has 0 amide bonds. The van der Waals surface area contributed by atoms with Crippen molar-refractivity contribution < 1.29 is 9.84 Å². The first-order valence-corrected chi connectivity index (χ1v) is 8.56. The molecule has 0 saturated carbocycles. The minimum Gasteiger partial charge on any atom is -0.491 e. The van der Waals surface area contributed by atoms with Crippen LogP contribution in [-0.2, 0) is 0 Å². The van der Waals surface area contributed by atoms with Gasteiger partial charge in [-0.1, -0.05) is 0 Å². The van der Waals surface area contributed by atoms with E-state index >= 15 is 0 Å². The van der Waals surface area contributed by atoms with E-state index in [1.54, 1.807) is 24.3 Å². The Morgan fingerprint density at radius 1 is 1.36 bits per heavy atom. The molecule has 7 nitrogen and oxygen atoms in total. The van der Waals surface area contributed by atoms with E-state index < -0.39 is 6.10 Å². The molecule has 1 aromatic heterocycles. The minimum absolute atomic E-state index is 0.242. The van der Waals surface area contributed by atoms with Crippen molar-refractivity contribution in [2.24, 2.45) is 0 Å². The zero-order chi connectivity index (χ0) is 17.6. The summed E-state index contributed by atoms with van der Waals surface area (Å²) in [4.78, 5) is 6.67. The number of nitrogens with one attached hydrogen (secondary N) is 1. The van der Waals surface area contributed by atoms with Crippen LogP contribution in [0.4, 0.5) is 0 Å². The minimum atomic E-state index is -0.544. The van der Waals surface area contributed by atoms with Crippen molar-refractivity contribution in [3.63, 3.8) is 0 Å². The highest BCUT2D eigenvalue weighted by molar-refractivity contribution is 5.34. The maximum absolute atomic E-state index is 10.2. The van der Waals surface area contributed by atoms with Crippen molar-refractivity contribution in [3.8, 4) is 11.8 Å². The second-order valence-electron chi connectivity index (χ2n) is 6.45. The highest BCUT2D eigenvalue weighted by Gasteiger charge is 2.24. The Morgan fingerprint density at radius 3 is 2.68 bits per heavy atom. The summed E-state index contributed by atoms with van der Waals surface area (Å²) in [5.41, 5.74) is 0.595. The van der Waals surface area contributed by atoms with E-state index in [4.69, 9.17) is 10.00 Å². The van der Waals surface area contributed by atoms with Gasteiger partial charge in [-0.05, 0) is 57.1 Å². The monoisotopic (exact) mass is 341 g/mol. The lowest BCUT2D eigenvalue weighted by atomic mass is 9.96. The number of benzene rings is 1. The lowest BCUT2D eigenvalue weighted by Gasteiger charge is -2.32. The molecular weight excluding hydrogens is 318 g/mol. The number of aliphatic hydroxyl groups is 1. The molecule has 0 radical (unpaired) electrons. The molecule has 1 fully saturated rings. The van der Waals surface area contributed by atoms with Crippen LogP contribution in [0.15, 0.2) is 24.3 Å². The van der Waals surface area contributed by atoms with Gasteiger partial charge in [0.25, 0.3) is 0 Å². The summed E-state index contributed by atoms with van der Waals surface area (Å²) in [5.74, 6) is 2.82. The Labute approximate surface area is 147 Å². The van der Waals surface area contributed by atoms with Gasteiger partial charge in [-0.15, -0.1) is 0 Å².